The van der Waals surface area contributed by atoms with Gasteiger partial charge in [0.25, 0.3) is 0 Å². The van der Waals surface area contributed by atoms with Gasteiger partial charge in [-0.05, 0) is 68.0 Å². The Morgan fingerprint density at radius 1 is 1.03 bits per heavy atom. The van der Waals surface area contributed by atoms with Gasteiger partial charge in [0.05, 0.1) is 15.9 Å². The van der Waals surface area contributed by atoms with Crippen molar-refractivity contribution >= 4 is 58.2 Å². The van der Waals surface area contributed by atoms with Gasteiger partial charge >= 0.3 is 0 Å². The summed E-state index contributed by atoms with van der Waals surface area (Å²) in [5, 5.41) is 5.53. The number of fused-ring (bicyclic) bond motifs is 1. The molecule has 5 rings (SSSR count). The fraction of sp³-hybridized carbons (Fsp3) is 0.250. The number of piperidine rings is 1. The first-order valence-electron chi connectivity index (χ1n) is 10.8. The van der Waals surface area contributed by atoms with Crippen molar-refractivity contribution < 1.29 is 4.74 Å². The minimum atomic E-state index is 0. The zero-order valence-electron chi connectivity index (χ0n) is 18.5. The maximum absolute atomic E-state index is 6.56. The maximum Gasteiger partial charge on any atom is 0.192 e. The number of rotatable bonds is 6. The summed E-state index contributed by atoms with van der Waals surface area (Å²) in [6.07, 6.45) is 7.18. The average molecular weight is 515 g/mol. The summed E-state index contributed by atoms with van der Waals surface area (Å²) in [6, 6.07) is 13.5. The highest BCUT2D eigenvalue weighted by Gasteiger charge is 2.20. The van der Waals surface area contributed by atoms with Crippen LogP contribution in [0.1, 0.15) is 12.8 Å². The van der Waals surface area contributed by atoms with E-state index in [4.69, 9.17) is 16.3 Å². The van der Waals surface area contributed by atoms with Crippen molar-refractivity contribution in [3.05, 3.63) is 66.2 Å². The molecule has 7 nitrogen and oxygen atoms in total. The highest BCUT2D eigenvalue weighted by Crippen LogP contribution is 2.36. The van der Waals surface area contributed by atoms with Crippen LogP contribution in [0.3, 0.4) is 0 Å². The van der Waals surface area contributed by atoms with Crippen molar-refractivity contribution in [3.8, 4) is 5.75 Å². The molecule has 0 unspecified atom stereocenters. The molecule has 1 fully saturated rings. The van der Waals surface area contributed by atoms with Crippen LogP contribution in [0.4, 0.5) is 11.5 Å². The van der Waals surface area contributed by atoms with E-state index < -0.39 is 0 Å². The molecule has 4 aromatic rings. The number of hydrogen-bond donors (Lipinski definition) is 1. The fourth-order valence-corrected chi connectivity index (χ4v) is 4.80. The standard InChI is InChI=1S/C24H23ClN6OS.ClH/c1-31-12-8-17(9-13-31)32-20-5-2-4-19-22(20)23(29-15-28-19)30-16-6-7-21(18(25)14-16)33-24-26-10-3-11-27-24;/h2-7,10-11,14-15,17H,8-9,12-13H2,1H3,(H,28,29,30);1H. The van der Waals surface area contributed by atoms with Crippen molar-refractivity contribution in [2.45, 2.75) is 29.0 Å². The predicted molar refractivity (Wildman–Crippen MR) is 139 cm³/mol. The lowest BCUT2D eigenvalue weighted by molar-refractivity contribution is 0.116. The minimum Gasteiger partial charge on any atom is -0.489 e. The number of ether oxygens (including phenoxy) is 1. The van der Waals surface area contributed by atoms with Crippen LogP contribution in [-0.4, -0.2) is 51.1 Å². The first kappa shape index (κ1) is 24.5. The highest BCUT2D eigenvalue weighted by molar-refractivity contribution is 7.99. The molecule has 2 aromatic carbocycles. The third kappa shape index (κ3) is 5.70. The SMILES string of the molecule is CN1CCC(Oc2cccc3ncnc(Nc4ccc(Sc5ncccn5)c(Cl)c4)c23)CC1.Cl. The van der Waals surface area contributed by atoms with E-state index in [2.05, 4.69) is 37.2 Å². The van der Waals surface area contributed by atoms with E-state index in [1.165, 1.54) is 11.8 Å². The smallest absolute Gasteiger partial charge is 0.192 e. The summed E-state index contributed by atoms with van der Waals surface area (Å²) in [6.45, 7) is 2.07. The van der Waals surface area contributed by atoms with E-state index in [0.29, 0.717) is 16.0 Å². The molecule has 1 aliphatic heterocycles. The molecule has 0 aliphatic carbocycles. The van der Waals surface area contributed by atoms with Crippen LogP contribution in [-0.2, 0) is 0 Å². The van der Waals surface area contributed by atoms with Crippen LogP contribution in [0.15, 0.2) is 71.2 Å². The Balaban J connectivity index is 0.00000274. The van der Waals surface area contributed by atoms with E-state index in [9.17, 15) is 0 Å². The number of halogens is 2. The van der Waals surface area contributed by atoms with Crippen molar-refractivity contribution in [2.24, 2.45) is 0 Å². The summed E-state index contributed by atoms with van der Waals surface area (Å²) in [5.74, 6) is 1.48. The second kappa shape index (κ2) is 11.2. The highest BCUT2D eigenvalue weighted by atomic mass is 35.5. The number of nitrogens with zero attached hydrogens (tertiary/aromatic N) is 5. The maximum atomic E-state index is 6.56. The lowest BCUT2D eigenvalue weighted by Crippen LogP contribution is -2.35. The number of benzene rings is 2. The predicted octanol–water partition coefficient (Wildman–Crippen LogP) is 5.86. The van der Waals surface area contributed by atoms with E-state index >= 15 is 0 Å². The first-order chi connectivity index (χ1) is 16.2. The van der Waals surface area contributed by atoms with Crippen molar-refractivity contribution in [3.63, 3.8) is 0 Å². The Hall–Kier alpha value is -2.65. The normalized spacial score (nSPS) is 14.5. The first-order valence-corrected chi connectivity index (χ1v) is 12.0. The lowest BCUT2D eigenvalue weighted by atomic mass is 10.1. The Kier molecular flexibility index (Phi) is 8.05. The minimum absolute atomic E-state index is 0. The zero-order valence-corrected chi connectivity index (χ0v) is 20.9. The monoisotopic (exact) mass is 514 g/mol. The zero-order chi connectivity index (χ0) is 22.6. The van der Waals surface area contributed by atoms with Crippen molar-refractivity contribution in [1.29, 1.82) is 0 Å². The number of likely N-dealkylation sites (tertiary alicyclic amines) is 1. The van der Waals surface area contributed by atoms with Gasteiger partial charge in [-0.25, -0.2) is 19.9 Å². The molecule has 176 valence electrons. The van der Waals surface area contributed by atoms with Crippen molar-refractivity contribution in [2.75, 3.05) is 25.5 Å². The quantitative estimate of drug-likeness (QED) is 0.320. The molecule has 1 saturated heterocycles. The second-order valence-corrected chi connectivity index (χ2v) is 9.31. The van der Waals surface area contributed by atoms with Gasteiger partial charge in [-0.1, -0.05) is 17.7 Å². The summed E-state index contributed by atoms with van der Waals surface area (Å²) in [5.41, 5.74) is 1.66. The topological polar surface area (TPSA) is 76.1 Å². The van der Waals surface area contributed by atoms with Crippen LogP contribution in [0.5, 0.6) is 5.75 Å². The van der Waals surface area contributed by atoms with Crippen LogP contribution in [0, 0.1) is 0 Å². The Bertz CT molecular complexity index is 1250. The number of nitrogens with one attached hydrogen (secondary N) is 1. The van der Waals surface area contributed by atoms with Crippen LogP contribution in [0.25, 0.3) is 10.9 Å². The summed E-state index contributed by atoms with van der Waals surface area (Å²) in [7, 11) is 2.14. The number of aromatic nitrogens is 4. The Morgan fingerprint density at radius 3 is 2.59 bits per heavy atom. The Morgan fingerprint density at radius 2 is 1.82 bits per heavy atom. The summed E-state index contributed by atoms with van der Waals surface area (Å²) >= 11 is 7.98. The van der Waals surface area contributed by atoms with Gasteiger partial charge in [0.2, 0.25) is 0 Å². The van der Waals surface area contributed by atoms with Crippen molar-refractivity contribution in [1.82, 2.24) is 24.8 Å². The molecule has 34 heavy (non-hydrogen) atoms. The number of anilines is 2. The molecular formula is C24H24Cl2N6OS. The molecule has 0 spiro atoms. The molecule has 3 heterocycles. The van der Waals surface area contributed by atoms with E-state index in [0.717, 1.165) is 53.2 Å². The van der Waals surface area contributed by atoms with Gasteiger partial charge in [-0.3, -0.25) is 0 Å². The number of hydrogen-bond acceptors (Lipinski definition) is 8. The third-order valence-corrected chi connectivity index (χ3v) is 6.92. The van der Waals surface area contributed by atoms with Gasteiger partial charge < -0.3 is 15.0 Å². The molecule has 2 aromatic heterocycles. The van der Waals surface area contributed by atoms with Crippen LogP contribution < -0.4 is 10.1 Å². The molecule has 0 bridgehead atoms. The molecule has 0 amide bonds. The van der Waals surface area contributed by atoms with Crippen LogP contribution >= 0.6 is 35.8 Å². The van der Waals surface area contributed by atoms with E-state index in [1.54, 1.807) is 24.8 Å². The summed E-state index contributed by atoms with van der Waals surface area (Å²) < 4.78 is 6.41. The third-order valence-electron chi connectivity index (χ3n) is 5.52. The van der Waals surface area contributed by atoms with E-state index in [1.807, 2.05) is 36.4 Å². The summed E-state index contributed by atoms with van der Waals surface area (Å²) in [4.78, 5) is 20.7. The van der Waals surface area contributed by atoms with Gasteiger partial charge in [0.1, 0.15) is 24.0 Å². The average Bonchev–Trinajstić information content (AvgIpc) is 2.83. The molecule has 1 aliphatic rings. The lowest BCUT2D eigenvalue weighted by Gasteiger charge is -2.29. The van der Waals surface area contributed by atoms with Gasteiger partial charge in [0, 0.05) is 36.1 Å². The second-order valence-electron chi connectivity index (χ2n) is 7.90. The van der Waals surface area contributed by atoms with E-state index in [-0.39, 0.29) is 18.5 Å². The molecule has 0 atom stereocenters. The largest absolute Gasteiger partial charge is 0.489 e. The molecular weight excluding hydrogens is 491 g/mol. The molecule has 1 N–H and O–H groups in total. The van der Waals surface area contributed by atoms with Gasteiger partial charge in [0.15, 0.2) is 5.16 Å². The fourth-order valence-electron chi connectivity index (χ4n) is 3.79. The van der Waals surface area contributed by atoms with Gasteiger partial charge in [-0.15, -0.1) is 12.4 Å². The molecule has 0 saturated carbocycles. The van der Waals surface area contributed by atoms with Gasteiger partial charge in [-0.2, -0.15) is 0 Å². The molecule has 0 radical (unpaired) electrons. The Labute approximate surface area is 213 Å². The van der Waals surface area contributed by atoms with Crippen LogP contribution in [0.2, 0.25) is 5.02 Å². The molecule has 10 heteroatoms.